The van der Waals surface area contributed by atoms with Crippen LogP contribution >= 0.6 is 0 Å². The Labute approximate surface area is 71.6 Å². The first-order chi connectivity index (χ1) is 5.61. The Morgan fingerprint density at radius 1 is 1.58 bits per heavy atom. The molecule has 0 aliphatic rings. The summed E-state index contributed by atoms with van der Waals surface area (Å²) in [6, 6.07) is 0. The summed E-state index contributed by atoms with van der Waals surface area (Å²) in [4.78, 5) is 10.5. The molecule has 12 heavy (non-hydrogen) atoms. The molecule has 0 saturated heterocycles. The Hall–Kier alpha value is -1.29. The minimum absolute atomic E-state index is 0.150. The molecular formula is C8H14N2O2. The van der Waals surface area contributed by atoms with Crippen molar-refractivity contribution in [1.29, 1.82) is 0 Å². The van der Waals surface area contributed by atoms with Crippen LogP contribution in [0, 0.1) is 0 Å². The van der Waals surface area contributed by atoms with Gasteiger partial charge in [0, 0.05) is 12.2 Å². The molecule has 4 heteroatoms. The van der Waals surface area contributed by atoms with Crippen LogP contribution in [-0.4, -0.2) is 17.6 Å². The highest BCUT2D eigenvalue weighted by Gasteiger charge is 2.02. The summed E-state index contributed by atoms with van der Waals surface area (Å²) in [6.45, 7) is 2.06. The molecule has 0 saturated carbocycles. The van der Waals surface area contributed by atoms with Crippen molar-refractivity contribution in [3.8, 4) is 0 Å². The van der Waals surface area contributed by atoms with Gasteiger partial charge in [-0.15, -0.1) is 0 Å². The molecule has 0 aromatic carbocycles. The van der Waals surface area contributed by atoms with Gasteiger partial charge < -0.3 is 16.6 Å². The van der Waals surface area contributed by atoms with Gasteiger partial charge in [0.25, 0.3) is 0 Å². The van der Waals surface area contributed by atoms with E-state index in [9.17, 15) is 4.79 Å². The highest BCUT2D eigenvalue weighted by atomic mass is 16.4. The fourth-order valence-corrected chi connectivity index (χ4v) is 0.637. The van der Waals surface area contributed by atoms with Crippen LogP contribution in [0.2, 0.25) is 0 Å². The maximum Gasteiger partial charge on any atom is 0.335 e. The number of carboxylic acids is 1. The predicted molar refractivity (Wildman–Crippen MR) is 47.3 cm³/mol. The van der Waals surface area contributed by atoms with Crippen LogP contribution in [0.15, 0.2) is 23.4 Å². The number of hydrogen-bond donors (Lipinski definition) is 3. The normalized spacial score (nSPS) is 13.2. The van der Waals surface area contributed by atoms with Crippen molar-refractivity contribution in [3.05, 3.63) is 23.4 Å². The van der Waals surface area contributed by atoms with E-state index in [1.54, 1.807) is 0 Å². The molecule has 0 fully saturated rings. The van der Waals surface area contributed by atoms with Crippen LogP contribution in [0.25, 0.3) is 0 Å². The van der Waals surface area contributed by atoms with Crippen LogP contribution in [0.3, 0.4) is 0 Å². The largest absolute Gasteiger partial charge is 0.478 e. The molecule has 0 aliphatic heterocycles. The molecule has 0 aliphatic carbocycles. The first-order valence-electron chi connectivity index (χ1n) is 3.71. The quantitative estimate of drug-likeness (QED) is 0.415. The van der Waals surface area contributed by atoms with Crippen molar-refractivity contribution in [1.82, 2.24) is 0 Å². The van der Waals surface area contributed by atoms with Gasteiger partial charge in [-0.2, -0.15) is 0 Å². The fourth-order valence-electron chi connectivity index (χ4n) is 0.637. The van der Waals surface area contributed by atoms with E-state index >= 15 is 0 Å². The highest BCUT2D eigenvalue weighted by Crippen LogP contribution is 2.01. The molecule has 0 heterocycles. The lowest BCUT2D eigenvalue weighted by molar-refractivity contribution is -0.132. The van der Waals surface area contributed by atoms with E-state index in [1.807, 2.05) is 6.92 Å². The van der Waals surface area contributed by atoms with Gasteiger partial charge in [0.1, 0.15) is 0 Å². The minimum atomic E-state index is -1.00. The lowest BCUT2D eigenvalue weighted by atomic mass is 10.2. The third-order valence-electron chi connectivity index (χ3n) is 1.33. The van der Waals surface area contributed by atoms with Crippen molar-refractivity contribution in [2.45, 2.75) is 13.3 Å². The number of nitrogens with two attached hydrogens (primary N) is 2. The minimum Gasteiger partial charge on any atom is -0.478 e. The number of carbonyl (C=O) groups is 1. The molecule has 0 aromatic heterocycles. The fraction of sp³-hybridized carbons (Fsp3) is 0.375. The summed E-state index contributed by atoms with van der Waals surface area (Å²) in [5, 5.41) is 8.62. The van der Waals surface area contributed by atoms with Crippen LogP contribution in [0.1, 0.15) is 13.3 Å². The summed E-state index contributed by atoms with van der Waals surface area (Å²) in [7, 11) is 0. The Bertz CT molecular complexity index is 219. The van der Waals surface area contributed by atoms with Crippen molar-refractivity contribution >= 4 is 5.97 Å². The number of hydrogen-bond acceptors (Lipinski definition) is 3. The molecule has 68 valence electrons. The number of carboxylic acid groups (broad SMARTS) is 1. The molecule has 0 spiro atoms. The van der Waals surface area contributed by atoms with E-state index in [1.165, 1.54) is 12.2 Å². The van der Waals surface area contributed by atoms with Crippen LogP contribution in [0.4, 0.5) is 0 Å². The third kappa shape index (κ3) is 3.78. The van der Waals surface area contributed by atoms with Gasteiger partial charge in [-0.05, 0) is 12.5 Å². The standard InChI is InChI=1S/C8H14N2O2/c1-2-7(10)5-6(3-4-9)8(11)12/h3,5H,2,4,9-10H2,1H3,(H,11,12)/b6-3+,7-5+. The van der Waals surface area contributed by atoms with Crippen LogP contribution in [0.5, 0.6) is 0 Å². The third-order valence-corrected chi connectivity index (χ3v) is 1.33. The second kappa shape index (κ2) is 5.37. The van der Waals surface area contributed by atoms with Crippen molar-refractivity contribution in [3.63, 3.8) is 0 Å². The molecular weight excluding hydrogens is 156 g/mol. The van der Waals surface area contributed by atoms with Crippen molar-refractivity contribution in [2.24, 2.45) is 11.5 Å². The number of aliphatic carboxylic acids is 1. The molecule has 0 radical (unpaired) electrons. The highest BCUT2D eigenvalue weighted by molar-refractivity contribution is 5.89. The zero-order valence-corrected chi connectivity index (χ0v) is 7.08. The van der Waals surface area contributed by atoms with E-state index in [2.05, 4.69) is 0 Å². The summed E-state index contributed by atoms with van der Waals surface area (Å²) in [5.74, 6) is -1.00. The first-order valence-corrected chi connectivity index (χ1v) is 3.71. The SMILES string of the molecule is CC/C(N)=C\C(=C/CN)C(=O)O. The zero-order valence-electron chi connectivity index (χ0n) is 7.08. The Kier molecular flexibility index (Phi) is 4.79. The molecule has 0 unspecified atom stereocenters. The lowest BCUT2D eigenvalue weighted by Crippen LogP contribution is -2.05. The van der Waals surface area contributed by atoms with Crippen LogP contribution in [-0.2, 0) is 4.79 Å². The van der Waals surface area contributed by atoms with Gasteiger partial charge in [0.2, 0.25) is 0 Å². The predicted octanol–water partition coefficient (Wildman–Crippen LogP) is 0.209. The average molecular weight is 170 g/mol. The lowest BCUT2D eigenvalue weighted by Gasteiger charge is -1.97. The molecule has 0 atom stereocenters. The summed E-state index contributed by atoms with van der Waals surface area (Å²) in [5.41, 5.74) is 11.3. The van der Waals surface area contributed by atoms with Gasteiger partial charge >= 0.3 is 5.97 Å². The summed E-state index contributed by atoms with van der Waals surface area (Å²) in [6.07, 6.45) is 3.48. The molecule has 0 rings (SSSR count). The zero-order chi connectivity index (χ0) is 9.56. The molecule has 5 N–H and O–H groups in total. The number of rotatable bonds is 4. The molecule has 4 nitrogen and oxygen atoms in total. The Morgan fingerprint density at radius 3 is 2.50 bits per heavy atom. The van der Waals surface area contributed by atoms with Crippen molar-refractivity contribution in [2.75, 3.05) is 6.54 Å². The van der Waals surface area contributed by atoms with E-state index in [0.29, 0.717) is 12.1 Å². The van der Waals surface area contributed by atoms with Gasteiger partial charge in [0.15, 0.2) is 0 Å². The second-order valence-corrected chi connectivity index (χ2v) is 2.27. The van der Waals surface area contributed by atoms with Gasteiger partial charge in [-0.3, -0.25) is 0 Å². The van der Waals surface area contributed by atoms with E-state index in [0.717, 1.165) is 0 Å². The molecule has 0 bridgehead atoms. The van der Waals surface area contributed by atoms with Gasteiger partial charge in [-0.25, -0.2) is 4.79 Å². The maximum absolute atomic E-state index is 10.5. The maximum atomic E-state index is 10.5. The topological polar surface area (TPSA) is 89.3 Å². The number of allylic oxidation sites excluding steroid dienone is 1. The smallest absolute Gasteiger partial charge is 0.335 e. The van der Waals surface area contributed by atoms with E-state index < -0.39 is 5.97 Å². The van der Waals surface area contributed by atoms with E-state index in [-0.39, 0.29) is 12.1 Å². The summed E-state index contributed by atoms with van der Waals surface area (Å²) < 4.78 is 0. The average Bonchev–Trinajstić information content (AvgIpc) is 2.03. The Balaban J connectivity index is 4.55. The molecule has 0 aromatic rings. The van der Waals surface area contributed by atoms with Crippen LogP contribution < -0.4 is 11.5 Å². The van der Waals surface area contributed by atoms with Gasteiger partial charge in [0.05, 0.1) is 5.57 Å². The first kappa shape index (κ1) is 10.7. The van der Waals surface area contributed by atoms with Gasteiger partial charge in [-0.1, -0.05) is 13.0 Å². The summed E-state index contributed by atoms with van der Waals surface area (Å²) >= 11 is 0. The van der Waals surface area contributed by atoms with E-state index in [4.69, 9.17) is 16.6 Å². The Morgan fingerprint density at radius 2 is 2.17 bits per heavy atom. The second-order valence-electron chi connectivity index (χ2n) is 2.27. The van der Waals surface area contributed by atoms with Crippen molar-refractivity contribution < 1.29 is 9.90 Å². The molecule has 0 amide bonds. The monoisotopic (exact) mass is 170 g/mol.